The van der Waals surface area contributed by atoms with Crippen molar-refractivity contribution in [3.8, 4) is 5.75 Å². The number of aromatic nitrogens is 3. The Morgan fingerprint density at radius 1 is 1.00 bits per heavy atom. The molecule has 0 aliphatic carbocycles. The number of hydrogen-bond acceptors (Lipinski definition) is 5. The van der Waals surface area contributed by atoms with Crippen LogP contribution < -0.4 is 4.74 Å². The number of benzene rings is 2. The molecule has 0 saturated carbocycles. The maximum absolute atomic E-state index is 13.1. The number of carbonyl (C=O) groups excluding carboxylic acids is 2. The third kappa shape index (κ3) is 4.87. The molecule has 0 spiro atoms. The lowest BCUT2D eigenvalue weighted by atomic mass is 9.92. The highest BCUT2D eigenvalue weighted by Crippen LogP contribution is 2.34. The van der Waals surface area contributed by atoms with Gasteiger partial charge in [-0.1, -0.05) is 0 Å². The van der Waals surface area contributed by atoms with E-state index in [-0.39, 0.29) is 24.2 Å². The Labute approximate surface area is 205 Å². The number of amides is 2. The van der Waals surface area contributed by atoms with E-state index < -0.39 is 11.7 Å². The largest absolute Gasteiger partial charge is 0.484 e. The molecule has 1 unspecified atom stereocenters. The number of nitrogens with one attached hydrogen (secondary N) is 1. The maximum atomic E-state index is 13.1. The van der Waals surface area contributed by atoms with Gasteiger partial charge in [-0.3, -0.25) is 9.59 Å². The summed E-state index contributed by atoms with van der Waals surface area (Å²) in [5.41, 5.74) is 1.53. The molecule has 3 aromatic rings. The zero-order chi connectivity index (χ0) is 25.4. The first kappa shape index (κ1) is 24.1. The molecule has 2 aliphatic rings. The number of ether oxygens (including phenoxy) is 1. The van der Waals surface area contributed by atoms with Crippen LogP contribution in [0.5, 0.6) is 5.75 Å². The van der Waals surface area contributed by atoms with Crippen molar-refractivity contribution in [1.82, 2.24) is 25.2 Å². The number of nitrogens with zero attached hydrogens (tertiary/aromatic N) is 4. The fourth-order valence-electron chi connectivity index (χ4n) is 5.14. The van der Waals surface area contributed by atoms with Gasteiger partial charge >= 0.3 is 6.18 Å². The number of alkyl halides is 3. The Morgan fingerprint density at radius 3 is 2.36 bits per heavy atom. The summed E-state index contributed by atoms with van der Waals surface area (Å²) in [6.07, 6.45) is -2.86. The van der Waals surface area contributed by atoms with Crippen LogP contribution in [0.15, 0.2) is 36.4 Å². The Morgan fingerprint density at radius 2 is 1.69 bits per heavy atom. The van der Waals surface area contributed by atoms with Crippen molar-refractivity contribution in [3.63, 3.8) is 0 Å². The number of aromatic amines is 1. The van der Waals surface area contributed by atoms with Crippen molar-refractivity contribution in [2.24, 2.45) is 11.8 Å². The van der Waals surface area contributed by atoms with Crippen molar-refractivity contribution in [3.05, 3.63) is 53.1 Å². The van der Waals surface area contributed by atoms with E-state index >= 15 is 0 Å². The van der Waals surface area contributed by atoms with Crippen LogP contribution in [0.3, 0.4) is 0 Å². The topological polar surface area (TPSA) is 91.4 Å². The van der Waals surface area contributed by atoms with E-state index in [2.05, 4.69) is 15.4 Å². The van der Waals surface area contributed by atoms with Gasteiger partial charge in [0.1, 0.15) is 16.8 Å². The van der Waals surface area contributed by atoms with Crippen molar-refractivity contribution < 1.29 is 27.5 Å². The van der Waals surface area contributed by atoms with Gasteiger partial charge in [0.05, 0.1) is 5.56 Å². The van der Waals surface area contributed by atoms with Crippen molar-refractivity contribution >= 4 is 22.8 Å². The number of likely N-dealkylation sites (tertiary alicyclic amines) is 2. The lowest BCUT2D eigenvalue weighted by Crippen LogP contribution is -2.37. The summed E-state index contributed by atoms with van der Waals surface area (Å²) in [7, 11) is 0. The van der Waals surface area contributed by atoms with E-state index in [9.17, 15) is 22.8 Å². The highest BCUT2D eigenvalue weighted by molar-refractivity contribution is 5.97. The molecule has 2 atom stereocenters. The fourth-order valence-corrected chi connectivity index (χ4v) is 5.14. The molecule has 2 saturated heterocycles. The van der Waals surface area contributed by atoms with E-state index in [1.165, 1.54) is 13.0 Å². The molecule has 0 bridgehead atoms. The second kappa shape index (κ2) is 9.44. The Balaban J connectivity index is 1.14. The molecule has 2 aromatic carbocycles. The average Bonchev–Trinajstić information content (AvgIpc) is 3.44. The lowest BCUT2D eigenvalue weighted by Gasteiger charge is -2.23. The predicted octanol–water partition coefficient (Wildman–Crippen LogP) is 3.67. The van der Waals surface area contributed by atoms with Gasteiger partial charge in [-0.15, -0.1) is 0 Å². The quantitative estimate of drug-likeness (QED) is 0.589. The fraction of sp³-hybridized carbons (Fsp3) is 0.440. The molecule has 190 valence electrons. The van der Waals surface area contributed by atoms with E-state index in [0.717, 1.165) is 25.0 Å². The van der Waals surface area contributed by atoms with E-state index in [0.29, 0.717) is 60.2 Å². The van der Waals surface area contributed by atoms with Gasteiger partial charge in [0.15, 0.2) is 6.61 Å². The Hall–Kier alpha value is -3.63. The zero-order valence-electron chi connectivity index (χ0n) is 19.7. The minimum Gasteiger partial charge on any atom is -0.484 e. The third-order valence-corrected chi connectivity index (χ3v) is 7.17. The molecule has 36 heavy (non-hydrogen) atoms. The smallest absolute Gasteiger partial charge is 0.416 e. The van der Waals surface area contributed by atoms with Gasteiger partial charge in [0.2, 0.25) is 0 Å². The van der Waals surface area contributed by atoms with Crippen LogP contribution in [0.1, 0.15) is 34.3 Å². The van der Waals surface area contributed by atoms with Crippen LogP contribution in [-0.4, -0.2) is 69.8 Å². The lowest BCUT2D eigenvalue weighted by molar-refractivity contribution is -0.138. The first-order chi connectivity index (χ1) is 17.2. The van der Waals surface area contributed by atoms with Crippen LogP contribution in [0.25, 0.3) is 11.0 Å². The summed E-state index contributed by atoms with van der Waals surface area (Å²) < 4.78 is 44.1. The van der Waals surface area contributed by atoms with Gasteiger partial charge in [-0.25, -0.2) is 0 Å². The highest BCUT2D eigenvalue weighted by atomic mass is 19.4. The number of fused-ring (bicyclic) bond motifs is 2. The molecule has 2 amide bonds. The van der Waals surface area contributed by atoms with E-state index in [1.54, 1.807) is 23.1 Å². The molecular formula is C25H26F3N5O3. The number of rotatable bonds is 4. The summed E-state index contributed by atoms with van der Waals surface area (Å²) in [5, 5.41) is 10.6. The summed E-state index contributed by atoms with van der Waals surface area (Å²) in [5.74, 6) is 0.659. The number of H-pyrrole nitrogens is 1. The van der Waals surface area contributed by atoms with Gasteiger partial charge in [-0.2, -0.15) is 28.6 Å². The van der Waals surface area contributed by atoms with Crippen LogP contribution in [0, 0.1) is 18.8 Å². The molecule has 1 N–H and O–H groups in total. The SMILES string of the molecule is Cc1cc(C(F)(F)F)ccc1OCC(=O)N1CCC2CN(C(=O)c3ccc4n[nH]nc4c3)C[C@H]2CC1. The summed E-state index contributed by atoms with van der Waals surface area (Å²) in [4.78, 5) is 29.5. The first-order valence-corrected chi connectivity index (χ1v) is 11.9. The van der Waals surface area contributed by atoms with Crippen molar-refractivity contribution in [2.45, 2.75) is 25.9 Å². The number of hydrogen-bond donors (Lipinski definition) is 1. The molecule has 2 aliphatic heterocycles. The molecule has 3 heterocycles. The van der Waals surface area contributed by atoms with Crippen LogP contribution in [0.2, 0.25) is 0 Å². The van der Waals surface area contributed by atoms with Gasteiger partial charge in [0.25, 0.3) is 11.8 Å². The zero-order valence-corrected chi connectivity index (χ0v) is 19.7. The first-order valence-electron chi connectivity index (χ1n) is 11.9. The van der Waals surface area contributed by atoms with Gasteiger partial charge < -0.3 is 14.5 Å². The summed E-state index contributed by atoms with van der Waals surface area (Å²) >= 11 is 0. The number of aryl methyl sites for hydroxylation is 1. The van der Waals surface area contributed by atoms with Crippen LogP contribution in [0.4, 0.5) is 13.2 Å². The van der Waals surface area contributed by atoms with Crippen molar-refractivity contribution in [2.75, 3.05) is 32.8 Å². The third-order valence-electron chi connectivity index (χ3n) is 7.17. The monoisotopic (exact) mass is 501 g/mol. The van der Waals surface area contributed by atoms with Gasteiger partial charge in [-0.05, 0) is 73.6 Å². The number of halogens is 3. The predicted molar refractivity (Wildman–Crippen MR) is 124 cm³/mol. The van der Waals surface area contributed by atoms with E-state index in [4.69, 9.17) is 4.74 Å². The molecule has 8 nitrogen and oxygen atoms in total. The molecule has 5 rings (SSSR count). The normalized spacial score (nSPS) is 20.3. The molecule has 0 radical (unpaired) electrons. The average molecular weight is 502 g/mol. The Kier molecular flexibility index (Phi) is 6.31. The number of carbonyl (C=O) groups is 2. The van der Waals surface area contributed by atoms with E-state index in [1.807, 2.05) is 4.90 Å². The molecule has 11 heteroatoms. The molecule has 1 aromatic heterocycles. The van der Waals surface area contributed by atoms with Crippen LogP contribution >= 0.6 is 0 Å². The molecular weight excluding hydrogens is 475 g/mol. The second-order valence-electron chi connectivity index (χ2n) is 9.48. The summed E-state index contributed by atoms with van der Waals surface area (Å²) in [6, 6.07) is 8.51. The standard InChI is InChI=1S/C25H26F3N5O3/c1-15-10-19(25(26,27)28)3-5-22(15)36-14-23(34)32-8-6-17-12-33(13-18(17)7-9-32)24(35)16-2-4-20-21(11-16)30-31-29-20/h2-5,10-11,17-18H,6-9,12-14H2,1H3,(H,29,30,31)/t17-,18?/m1/s1. The Bertz CT molecular complexity index is 1280. The minimum absolute atomic E-state index is 0.0267. The van der Waals surface area contributed by atoms with Crippen molar-refractivity contribution in [1.29, 1.82) is 0 Å². The summed E-state index contributed by atoms with van der Waals surface area (Å²) in [6.45, 7) is 3.70. The second-order valence-corrected chi connectivity index (χ2v) is 9.48. The van der Waals surface area contributed by atoms with Crippen LogP contribution in [-0.2, 0) is 11.0 Å². The van der Waals surface area contributed by atoms with Gasteiger partial charge in [0, 0.05) is 31.7 Å². The minimum atomic E-state index is -4.42. The molecule has 2 fully saturated rings. The highest BCUT2D eigenvalue weighted by Gasteiger charge is 2.38. The maximum Gasteiger partial charge on any atom is 0.416 e.